The van der Waals surface area contributed by atoms with E-state index in [2.05, 4.69) is 50.6 Å². The molecule has 0 radical (unpaired) electrons. The number of halogens is 5. The second kappa shape index (κ2) is 10.3. The van der Waals surface area contributed by atoms with E-state index in [1.54, 1.807) is 18.2 Å². The summed E-state index contributed by atoms with van der Waals surface area (Å²) in [5.74, 6) is -3.88. The van der Waals surface area contributed by atoms with Gasteiger partial charge in [-0.15, -0.1) is 0 Å². The van der Waals surface area contributed by atoms with E-state index in [0.717, 1.165) is 0 Å². The first-order valence-electron chi connectivity index (χ1n) is 6.49. The molecule has 0 aromatic heterocycles. The summed E-state index contributed by atoms with van der Waals surface area (Å²) in [4.78, 5) is 19.6. The largest absolute Gasteiger partial charge is 0.490 e. The van der Waals surface area contributed by atoms with Gasteiger partial charge in [-0.05, 0) is 6.08 Å². The quantitative estimate of drug-likeness (QED) is 0.245. The number of carboxylic acid groups (broad SMARTS) is 2. The van der Waals surface area contributed by atoms with Gasteiger partial charge in [-0.3, -0.25) is 4.79 Å². The molecule has 4 atom stereocenters. The monoisotopic (exact) mass is 524 g/mol. The molecule has 26 heavy (non-hydrogen) atoms. The van der Waals surface area contributed by atoms with E-state index in [4.69, 9.17) is 30.7 Å². The zero-order valence-corrected chi connectivity index (χ0v) is 16.7. The smallest absolute Gasteiger partial charge is 0.480 e. The van der Waals surface area contributed by atoms with Crippen LogP contribution in [-0.2, 0) is 14.3 Å². The van der Waals surface area contributed by atoms with E-state index in [9.17, 15) is 18.0 Å². The highest BCUT2D eigenvalue weighted by Crippen LogP contribution is 2.32. The Morgan fingerprint density at radius 3 is 2.35 bits per heavy atom. The Hall–Kier alpha value is -1.07. The van der Waals surface area contributed by atoms with Crippen LogP contribution in [0.2, 0.25) is 0 Å². The number of alkyl halides is 4. The minimum Gasteiger partial charge on any atom is -0.480 e. The predicted octanol–water partition coefficient (Wildman–Crippen LogP) is 2.22. The number of aliphatic carboxylic acids is 2. The van der Waals surface area contributed by atoms with Crippen molar-refractivity contribution in [2.24, 2.45) is 5.73 Å². The molecular formula is C13H13Br2F3N2O5S. The highest BCUT2D eigenvalue weighted by Gasteiger charge is 2.38. The second-order valence-corrected chi connectivity index (χ2v) is 7.65. The minimum absolute atomic E-state index is 0.0797. The first kappa shape index (κ1) is 24.9. The Morgan fingerprint density at radius 1 is 1.50 bits per heavy atom. The number of hydrogen-bond acceptors (Lipinski definition) is 6. The van der Waals surface area contributed by atoms with Crippen LogP contribution in [0.25, 0.3) is 0 Å². The minimum atomic E-state index is -5.08. The average Bonchev–Trinajstić information content (AvgIpc) is 2.52. The molecule has 0 heterocycles. The molecule has 0 amide bonds. The molecule has 0 aromatic rings. The number of rotatable bonds is 5. The number of thiol groups is 1. The molecule has 1 aliphatic carbocycles. The van der Waals surface area contributed by atoms with Crippen molar-refractivity contribution in [3.8, 4) is 6.07 Å². The van der Waals surface area contributed by atoms with Crippen molar-refractivity contribution >= 4 is 56.4 Å². The van der Waals surface area contributed by atoms with Crippen molar-refractivity contribution < 1.29 is 37.7 Å². The van der Waals surface area contributed by atoms with Gasteiger partial charge in [0.2, 0.25) is 0 Å². The Kier molecular flexibility index (Phi) is 9.89. The van der Waals surface area contributed by atoms with Crippen LogP contribution < -0.4 is 5.73 Å². The number of allylic oxidation sites excluding steroid dienone is 2. The summed E-state index contributed by atoms with van der Waals surface area (Å²) in [5, 5.41) is 24.2. The van der Waals surface area contributed by atoms with Gasteiger partial charge in [0.1, 0.15) is 16.5 Å². The Labute approximate surface area is 168 Å². The van der Waals surface area contributed by atoms with E-state index in [1.807, 2.05) is 0 Å². The fourth-order valence-corrected chi connectivity index (χ4v) is 2.89. The lowest BCUT2D eigenvalue weighted by atomic mass is 10.0. The third-order valence-corrected chi connectivity index (χ3v) is 4.51. The van der Waals surface area contributed by atoms with Crippen molar-refractivity contribution in [2.75, 3.05) is 6.61 Å². The van der Waals surface area contributed by atoms with Gasteiger partial charge in [0, 0.05) is 4.48 Å². The van der Waals surface area contributed by atoms with Gasteiger partial charge in [0.15, 0.2) is 0 Å². The van der Waals surface area contributed by atoms with Crippen molar-refractivity contribution in [3.63, 3.8) is 0 Å². The van der Waals surface area contributed by atoms with Crippen LogP contribution in [0.1, 0.15) is 0 Å². The van der Waals surface area contributed by atoms with E-state index in [1.165, 1.54) is 0 Å². The van der Waals surface area contributed by atoms with Gasteiger partial charge in [-0.1, -0.05) is 44.0 Å². The molecule has 0 aliphatic heterocycles. The third kappa shape index (κ3) is 8.54. The summed E-state index contributed by atoms with van der Waals surface area (Å²) >= 11 is 10.7. The third-order valence-electron chi connectivity index (χ3n) is 2.69. The summed E-state index contributed by atoms with van der Waals surface area (Å²) in [5.41, 5.74) is 5.42. The Bertz CT molecular complexity index is 638. The number of ether oxygens (including phenoxy) is 1. The molecule has 1 aliphatic rings. The lowest BCUT2D eigenvalue weighted by molar-refractivity contribution is -0.192. The summed E-state index contributed by atoms with van der Waals surface area (Å²) in [6.07, 6.45) is -0.431. The van der Waals surface area contributed by atoms with Crippen molar-refractivity contribution in [1.29, 1.82) is 5.26 Å². The van der Waals surface area contributed by atoms with E-state index < -0.39 is 33.7 Å². The maximum atomic E-state index is 10.7. The number of nitrogens with two attached hydrogens (primary N) is 1. The molecule has 2 unspecified atom stereocenters. The van der Waals surface area contributed by atoms with E-state index >= 15 is 0 Å². The Balaban J connectivity index is 0.000000758. The molecular weight excluding hydrogens is 513 g/mol. The molecule has 0 aromatic carbocycles. The zero-order valence-electron chi connectivity index (χ0n) is 12.7. The van der Waals surface area contributed by atoms with Crippen LogP contribution >= 0.6 is 44.5 Å². The predicted molar refractivity (Wildman–Crippen MR) is 95.2 cm³/mol. The summed E-state index contributed by atoms with van der Waals surface area (Å²) in [6.45, 7) is 0.0797. The standard InChI is InChI=1S/C11H12Br2N2O3S.C2HF3O2/c12-6-3-11(13,5-14)2-1-7(6)18-4-8(19)9(15)10(16)17;3-2(4,5)1(6)7/h1-3,7-9,19H,4,15H2,(H,16,17);(H,6,7)/t7?,8-,9+,11?;/m1./s1. The van der Waals surface area contributed by atoms with Crippen molar-refractivity contribution in [2.45, 2.75) is 27.9 Å². The lowest BCUT2D eigenvalue weighted by Crippen LogP contribution is -2.42. The highest BCUT2D eigenvalue weighted by molar-refractivity contribution is 9.12. The van der Waals surface area contributed by atoms with Gasteiger partial charge in [0.25, 0.3) is 0 Å². The molecule has 4 N–H and O–H groups in total. The first-order valence-corrected chi connectivity index (χ1v) is 8.59. The molecule has 0 bridgehead atoms. The van der Waals surface area contributed by atoms with Gasteiger partial charge in [-0.25, -0.2) is 4.79 Å². The van der Waals surface area contributed by atoms with Crippen LogP contribution in [0.5, 0.6) is 0 Å². The molecule has 0 saturated carbocycles. The number of hydrogen-bond donors (Lipinski definition) is 4. The number of carbonyl (C=O) groups is 2. The number of nitrogens with zero attached hydrogens (tertiary/aromatic N) is 1. The molecule has 0 saturated heterocycles. The van der Waals surface area contributed by atoms with Crippen molar-refractivity contribution in [1.82, 2.24) is 0 Å². The van der Waals surface area contributed by atoms with Gasteiger partial charge < -0.3 is 20.7 Å². The molecule has 7 nitrogen and oxygen atoms in total. The molecule has 1 rings (SSSR count). The lowest BCUT2D eigenvalue weighted by Gasteiger charge is -2.24. The van der Waals surface area contributed by atoms with Crippen LogP contribution in [-0.4, -0.2) is 56.7 Å². The van der Waals surface area contributed by atoms with Gasteiger partial charge >= 0.3 is 18.1 Å². The van der Waals surface area contributed by atoms with Crippen molar-refractivity contribution in [3.05, 3.63) is 22.7 Å². The second-order valence-electron chi connectivity index (χ2n) is 4.76. The maximum Gasteiger partial charge on any atom is 0.490 e. The van der Waals surface area contributed by atoms with Crippen LogP contribution in [0.15, 0.2) is 22.7 Å². The Morgan fingerprint density at radius 2 is 2.00 bits per heavy atom. The first-order chi connectivity index (χ1) is 11.7. The average molecular weight is 526 g/mol. The van der Waals surface area contributed by atoms with Crippen LogP contribution in [0.4, 0.5) is 13.2 Å². The van der Waals surface area contributed by atoms with Crippen LogP contribution in [0, 0.1) is 11.3 Å². The molecule has 13 heteroatoms. The number of carboxylic acids is 2. The SMILES string of the molecule is N#CC1(Br)C=CC(OC[C@@H](S)[C@H](N)C(=O)O)C(Br)=C1.O=C(O)C(F)(F)F. The highest BCUT2D eigenvalue weighted by atomic mass is 79.9. The molecule has 0 spiro atoms. The molecule has 0 fully saturated rings. The fourth-order valence-electron chi connectivity index (χ4n) is 1.33. The summed E-state index contributed by atoms with van der Waals surface area (Å²) in [6, 6.07) is 0.995. The normalized spacial score (nSPS) is 24.4. The topological polar surface area (TPSA) is 134 Å². The fraction of sp³-hybridized carbons (Fsp3) is 0.462. The zero-order chi connectivity index (χ0) is 20.7. The van der Waals surface area contributed by atoms with Crippen LogP contribution in [0.3, 0.4) is 0 Å². The number of nitriles is 1. The summed E-state index contributed by atoms with van der Waals surface area (Å²) < 4.78 is 37.1. The summed E-state index contributed by atoms with van der Waals surface area (Å²) in [7, 11) is 0. The maximum absolute atomic E-state index is 10.7. The molecule has 146 valence electrons. The van der Waals surface area contributed by atoms with E-state index in [0.29, 0.717) is 4.48 Å². The van der Waals surface area contributed by atoms with E-state index in [-0.39, 0.29) is 12.7 Å². The van der Waals surface area contributed by atoms with Gasteiger partial charge in [0.05, 0.1) is 17.9 Å². The van der Waals surface area contributed by atoms with Gasteiger partial charge in [-0.2, -0.15) is 31.1 Å².